The lowest BCUT2D eigenvalue weighted by atomic mass is 9.69. The van der Waals surface area contributed by atoms with Crippen molar-refractivity contribution in [1.82, 2.24) is 0 Å². The van der Waals surface area contributed by atoms with Crippen molar-refractivity contribution in [3.05, 3.63) is 125 Å². The molecule has 4 heteroatoms. The average Bonchev–Trinajstić information content (AvgIpc) is 2.77. The molecule has 4 N–H and O–H groups in total. The number of hydrogen-bond acceptors (Lipinski definition) is 4. The van der Waals surface area contributed by atoms with E-state index in [1.807, 2.05) is 18.2 Å². The Morgan fingerprint density at radius 3 is 1.43 bits per heavy atom. The second-order valence-electron chi connectivity index (χ2n) is 7.23. The molecule has 0 amide bonds. The van der Waals surface area contributed by atoms with Crippen LogP contribution in [0.1, 0.15) is 28.2 Å². The highest BCUT2D eigenvalue weighted by atomic mass is 16.3. The fourth-order valence-corrected chi connectivity index (χ4v) is 3.99. The Hall–Kier alpha value is -3.76. The van der Waals surface area contributed by atoms with Crippen molar-refractivity contribution in [2.45, 2.75) is 11.5 Å². The molecule has 4 aromatic carbocycles. The van der Waals surface area contributed by atoms with Crippen LogP contribution in [-0.4, -0.2) is 20.4 Å². The second-order valence-corrected chi connectivity index (χ2v) is 7.23. The molecular formula is C26H22O4. The number of para-hydroxylation sites is 2. The maximum atomic E-state index is 12.4. The molecule has 4 rings (SSSR count). The smallest absolute Gasteiger partial charge is 0.126 e. The van der Waals surface area contributed by atoms with Gasteiger partial charge in [0, 0.05) is 11.1 Å². The summed E-state index contributed by atoms with van der Waals surface area (Å²) in [5, 5.41) is 43.6. The van der Waals surface area contributed by atoms with E-state index in [0.717, 1.165) is 0 Å². The Kier molecular flexibility index (Phi) is 5.17. The Bertz CT molecular complexity index is 1090. The lowest BCUT2D eigenvalue weighted by Crippen LogP contribution is -2.36. The minimum atomic E-state index is -1.65. The van der Waals surface area contributed by atoms with E-state index in [-0.39, 0.29) is 17.2 Å². The highest BCUT2D eigenvalue weighted by Crippen LogP contribution is 2.50. The molecule has 0 radical (unpaired) electrons. The van der Waals surface area contributed by atoms with Gasteiger partial charge in [-0.15, -0.1) is 0 Å². The maximum Gasteiger partial charge on any atom is 0.126 e. The molecule has 0 bridgehead atoms. The van der Waals surface area contributed by atoms with Gasteiger partial charge in [-0.25, -0.2) is 0 Å². The van der Waals surface area contributed by atoms with Crippen LogP contribution in [0.5, 0.6) is 17.2 Å². The zero-order chi connectivity index (χ0) is 21.1. The molecule has 150 valence electrons. The normalized spacial score (nSPS) is 13.1. The molecule has 0 fully saturated rings. The van der Waals surface area contributed by atoms with Crippen LogP contribution in [0.25, 0.3) is 0 Å². The minimum Gasteiger partial charge on any atom is -0.508 e. The predicted molar refractivity (Wildman–Crippen MR) is 116 cm³/mol. The van der Waals surface area contributed by atoms with Gasteiger partial charge in [0.05, 0.1) is 5.92 Å². The maximum absolute atomic E-state index is 12.4. The summed E-state index contributed by atoms with van der Waals surface area (Å²) < 4.78 is 0. The summed E-state index contributed by atoms with van der Waals surface area (Å²) in [5.41, 5.74) is 0.402. The average molecular weight is 398 g/mol. The molecule has 0 saturated heterocycles. The van der Waals surface area contributed by atoms with E-state index < -0.39 is 11.5 Å². The first-order chi connectivity index (χ1) is 14.5. The summed E-state index contributed by atoms with van der Waals surface area (Å²) in [6.07, 6.45) is 0. The van der Waals surface area contributed by atoms with Crippen molar-refractivity contribution in [3.8, 4) is 17.2 Å². The van der Waals surface area contributed by atoms with E-state index in [2.05, 4.69) is 0 Å². The van der Waals surface area contributed by atoms with Crippen molar-refractivity contribution in [2.75, 3.05) is 0 Å². The molecule has 1 unspecified atom stereocenters. The van der Waals surface area contributed by atoms with Crippen molar-refractivity contribution in [2.24, 2.45) is 0 Å². The van der Waals surface area contributed by atoms with Gasteiger partial charge in [-0.2, -0.15) is 0 Å². The van der Waals surface area contributed by atoms with Gasteiger partial charge in [-0.05, 0) is 35.4 Å². The van der Waals surface area contributed by atoms with Crippen molar-refractivity contribution in [1.29, 1.82) is 0 Å². The van der Waals surface area contributed by atoms with E-state index >= 15 is 0 Å². The molecule has 0 spiro atoms. The summed E-state index contributed by atoms with van der Waals surface area (Å²) in [6.45, 7) is 0. The molecule has 0 aliphatic carbocycles. The van der Waals surface area contributed by atoms with Crippen LogP contribution in [0.4, 0.5) is 0 Å². The molecule has 4 nitrogen and oxygen atoms in total. The third kappa shape index (κ3) is 3.38. The van der Waals surface area contributed by atoms with E-state index in [0.29, 0.717) is 22.3 Å². The van der Waals surface area contributed by atoms with Gasteiger partial charge >= 0.3 is 0 Å². The monoisotopic (exact) mass is 398 g/mol. The third-order valence-corrected chi connectivity index (χ3v) is 5.43. The van der Waals surface area contributed by atoms with Gasteiger partial charge in [0.25, 0.3) is 0 Å². The Morgan fingerprint density at radius 2 is 0.933 bits per heavy atom. The van der Waals surface area contributed by atoms with Gasteiger partial charge < -0.3 is 20.4 Å². The Labute approximate surface area is 175 Å². The molecule has 0 saturated carbocycles. The zero-order valence-electron chi connectivity index (χ0n) is 16.2. The number of phenolic OH excluding ortho intramolecular Hbond substituents is 3. The number of benzene rings is 4. The molecule has 0 heterocycles. The second kappa shape index (κ2) is 7.93. The van der Waals surface area contributed by atoms with E-state index in [1.165, 1.54) is 12.1 Å². The fraction of sp³-hybridized carbons (Fsp3) is 0.0769. The number of hydrogen-bond donors (Lipinski definition) is 4. The topological polar surface area (TPSA) is 80.9 Å². The Morgan fingerprint density at radius 1 is 0.500 bits per heavy atom. The first-order valence-corrected chi connectivity index (χ1v) is 9.65. The largest absolute Gasteiger partial charge is 0.508 e. The standard InChI is InChI=1S/C26H22O4/c27-20-16-14-19(15-17-20)26(30,18-8-2-1-3-9-18)25(21-10-4-6-12-23(21)28)22-11-5-7-13-24(22)29/h1-17,25,27-30H. The van der Waals surface area contributed by atoms with Gasteiger partial charge in [0.15, 0.2) is 0 Å². The SMILES string of the molecule is Oc1ccc(C(O)(c2ccccc2)C(c2ccccc2O)c2ccccc2O)cc1. The molecule has 1 atom stereocenters. The van der Waals surface area contributed by atoms with Crippen LogP contribution in [0.2, 0.25) is 0 Å². The molecular weight excluding hydrogens is 376 g/mol. The van der Waals surface area contributed by atoms with Crippen molar-refractivity contribution in [3.63, 3.8) is 0 Å². The molecule has 0 aliphatic rings. The fourth-order valence-electron chi connectivity index (χ4n) is 3.99. The Balaban J connectivity index is 2.07. The molecule has 0 aromatic heterocycles. The van der Waals surface area contributed by atoms with Crippen LogP contribution in [0, 0.1) is 0 Å². The third-order valence-electron chi connectivity index (χ3n) is 5.43. The predicted octanol–water partition coefficient (Wildman–Crippen LogP) is 4.87. The lowest BCUT2D eigenvalue weighted by Gasteiger charge is -2.38. The lowest BCUT2D eigenvalue weighted by molar-refractivity contribution is 0.0608. The molecule has 30 heavy (non-hydrogen) atoms. The number of phenols is 3. The number of rotatable bonds is 5. The van der Waals surface area contributed by atoms with Gasteiger partial charge in [0.2, 0.25) is 0 Å². The number of aliphatic hydroxyl groups is 1. The van der Waals surface area contributed by atoms with Crippen molar-refractivity contribution >= 4 is 0 Å². The zero-order valence-corrected chi connectivity index (χ0v) is 16.2. The van der Waals surface area contributed by atoms with Gasteiger partial charge in [-0.3, -0.25) is 0 Å². The first kappa shape index (κ1) is 19.6. The van der Waals surface area contributed by atoms with Gasteiger partial charge in [0.1, 0.15) is 22.8 Å². The minimum absolute atomic E-state index is 0.0129. The summed E-state index contributed by atoms with van der Waals surface area (Å²) in [7, 11) is 0. The number of aromatic hydroxyl groups is 3. The quantitative estimate of drug-likeness (QED) is 0.387. The van der Waals surface area contributed by atoms with E-state index in [4.69, 9.17) is 0 Å². The van der Waals surface area contributed by atoms with Crippen molar-refractivity contribution < 1.29 is 20.4 Å². The van der Waals surface area contributed by atoms with Crippen LogP contribution in [0.3, 0.4) is 0 Å². The molecule has 4 aromatic rings. The first-order valence-electron chi connectivity index (χ1n) is 9.65. The van der Waals surface area contributed by atoms with Crippen LogP contribution >= 0.6 is 0 Å². The summed E-state index contributed by atoms with van der Waals surface area (Å²) in [4.78, 5) is 0. The van der Waals surface area contributed by atoms with E-state index in [1.54, 1.807) is 72.8 Å². The summed E-state index contributed by atoms with van der Waals surface area (Å²) >= 11 is 0. The summed E-state index contributed by atoms with van der Waals surface area (Å²) in [6, 6.07) is 29.0. The van der Waals surface area contributed by atoms with E-state index in [9.17, 15) is 20.4 Å². The van der Waals surface area contributed by atoms with Crippen LogP contribution < -0.4 is 0 Å². The highest BCUT2D eigenvalue weighted by Gasteiger charge is 2.44. The van der Waals surface area contributed by atoms with Crippen LogP contribution in [-0.2, 0) is 5.60 Å². The van der Waals surface area contributed by atoms with Gasteiger partial charge in [-0.1, -0.05) is 78.9 Å². The van der Waals surface area contributed by atoms with Crippen LogP contribution in [0.15, 0.2) is 103 Å². The highest BCUT2D eigenvalue weighted by molar-refractivity contribution is 5.54. The molecule has 0 aliphatic heterocycles. The summed E-state index contributed by atoms with van der Waals surface area (Å²) in [5.74, 6) is -0.722.